The molecule has 1 aromatic rings. The van der Waals surface area contributed by atoms with Crippen LogP contribution in [0.5, 0.6) is 0 Å². The Bertz CT molecular complexity index is 285. The smallest absolute Gasteiger partial charge is 0.0713 e. The normalized spacial score (nSPS) is 10.5. The van der Waals surface area contributed by atoms with Crippen molar-refractivity contribution in [2.45, 2.75) is 32.3 Å². The Morgan fingerprint density at radius 1 is 1.06 bits per heavy atom. The molecule has 0 bridgehead atoms. The van der Waals surface area contributed by atoms with E-state index < -0.39 is 0 Å². The van der Waals surface area contributed by atoms with E-state index in [0.29, 0.717) is 6.61 Å². The molecule has 0 amide bonds. The third-order valence-corrected chi connectivity index (χ3v) is 2.72. The van der Waals surface area contributed by atoms with Crippen LogP contribution in [0.4, 0.5) is 5.69 Å². The predicted octanol–water partition coefficient (Wildman–Crippen LogP) is 2.76. The van der Waals surface area contributed by atoms with Crippen molar-refractivity contribution in [3.63, 3.8) is 0 Å². The average molecular weight is 236 g/mol. The number of hydrogen-bond donors (Lipinski definition) is 2. The second-order valence-corrected chi connectivity index (χ2v) is 4.26. The molecule has 0 aliphatic carbocycles. The highest BCUT2D eigenvalue weighted by molar-refractivity contribution is 5.44. The second kappa shape index (κ2) is 9.02. The van der Waals surface area contributed by atoms with Crippen LogP contribution in [0.1, 0.15) is 31.2 Å². The first-order valence-electron chi connectivity index (χ1n) is 6.38. The molecule has 0 saturated heterocycles. The fraction of sp³-hybridized carbons (Fsp3) is 0.571. The lowest BCUT2D eigenvalue weighted by Gasteiger charge is -2.07. The van der Waals surface area contributed by atoms with Crippen LogP contribution < -0.4 is 11.1 Å². The SMILES string of the molecule is COCc1ccc(NCCCCCCN)cc1. The number of methoxy groups -OCH3 is 1. The summed E-state index contributed by atoms with van der Waals surface area (Å²) in [6.45, 7) is 2.53. The Labute approximate surface area is 104 Å². The molecule has 0 radical (unpaired) electrons. The molecule has 0 aromatic heterocycles. The zero-order valence-electron chi connectivity index (χ0n) is 10.7. The summed E-state index contributed by atoms with van der Waals surface area (Å²) in [6.07, 6.45) is 4.85. The van der Waals surface area contributed by atoms with Crippen LogP contribution in [0, 0.1) is 0 Å². The van der Waals surface area contributed by atoms with Crippen LogP contribution in [0.15, 0.2) is 24.3 Å². The van der Waals surface area contributed by atoms with Crippen molar-refractivity contribution in [1.82, 2.24) is 0 Å². The van der Waals surface area contributed by atoms with Crippen molar-refractivity contribution in [2.75, 3.05) is 25.5 Å². The highest BCUT2D eigenvalue weighted by atomic mass is 16.5. The van der Waals surface area contributed by atoms with Gasteiger partial charge in [-0.3, -0.25) is 0 Å². The van der Waals surface area contributed by atoms with Gasteiger partial charge in [0, 0.05) is 19.3 Å². The third-order valence-electron chi connectivity index (χ3n) is 2.72. The van der Waals surface area contributed by atoms with Crippen LogP contribution in [0.25, 0.3) is 0 Å². The second-order valence-electron chi connectivity index (χ2n) is 4.26. The maximum Gasteiger partial charge on any atom is 0.0713 e. The Hall–Kier alpha value is -1.06. The molecular weight excluding hydrogens is 212 g/mol. The summed E-state index contributed by atoms with van der Waals surface area (Å²) in [4.78, 5) is 0. The molecule has 0 spiro atoms. The molecule has 3 N–H and O–H groups in total. The summed E-state index contributed by atoms with van der Waals surface area (Å²) in [5.41, 5.74) is 7.84. The van der Waals surface area contributed by atoms with Gasteiger partial charge in [-0.1, -0.05) is 25.0 Å². The first-order valence-corrected chi connectivity index (χ1v) is 6.38. The number of anilines is 1. The average Bonchev–Trinajstić information content (AvgIpc) is 2.36. The first-order chi connectivity index (χ1) is 8.36. The van der Waals surface area contributed by atoms with Crippen LogP contribution in [-0.4, -0.2) is 20.2 Å². The molecule has 1 rings (SSSR count). The summed E-state index contributed by atoms with van der Waals surface area (Å²) < 4.78 is 5.07. The van der Waals surface area contributed by atoms with Gasteiger partial charge in [0.05, 0.1) is 6.61 Å². The molecule has 0 aliphatic heterocycles. The van der Waals surface area contributed by atoms with E-state index in [-0.39, 0.29) is 0 Å². The Balaban J connectivity index is 2.14. The monoisotopic (exact) mass is 236 g/mol. The van der Waals surface area contributed by atoms with Gasteiger partial charge in [0.2, 0.25) is 0 Å². The Morgan fingerprint density at radius 2 is 1.76 bits per heavy atom. The van der Waals surface area contributed by atoms with E-state index in [0.717, 1.165) is 19.5 Å². The molecule has 0 atom stereocenters. The number of rotatable bonds is 9. The van der Waals surface area contributed by atoms with Gasteiger partial charge < -0.3 is 15.8 Å². The maximum absolute atomic E-state index is 5.45. The van der Waals surface area contributed by atoms with E-state index in [2.05, 4.69) is 29.6 Å². The van der Waals surface area contributed by atoms with Gasteiger partial charge >= 0.3 is 0 Å². The molecule has 3 nitrogen and oxygen atoms in total. The van der Waals surface area contributed by atoms with E-state index >= 15 is 0 Å². The third kappa shape index (κ3) is 6.29. The molecular formula is C14H24N2O. The largest absolute Gasteiger partial charge is 0.385 e. The summed E-state index contributed by atoms with van der Waals surface area (Å²) in [7, 11) is 1.72. The van der Waals surface area contributed by atoms with Crippen molar-refractivity contribution in [3.8, 4) is 0 Å². The van der Waals surface area contributed by atoms with Gasteiger partial charge in [0.1, 0.15) is 0 Å². The van der Waals surface area contributed by atoms with E-state index in [9.17, 15) is 0 Å². The van der Waals surface area contributed by atoms with Gasteiger partial charge in [-0.15, -0.1) is 0 Å². The number of nitrogens with one attached hydrogen (secondary N) is 1. The summed E-state index contributed by atoms with van der Waals surface area (Å²) in [6, 6.07) is 8.41. The number of ether oxygens (including phenoxy) is 1. The topological polar surface area (TPSA) is 47.3 Å². The van der Waals surface area contributed by atoms with Crippen molar-refractivity contribution < 1.29 is 4.74 Å². The van der Waals surface area contributed by atoms with Gasteiger partial charge in [-0.25, -0.2) is 0 Å². The predicted molar refractivity (Wildman–Crippen MR) is 73.2 cm³/mol. The number of hydrogen-bond acceptors (Lipinski definition) is 3. The lowest BCUT2D eigenvalue weighted by Crippen LogP contribution is -2.02. The van der Waals surface area contributed by atoms with Crippen molar-refractivity contribution in [2.24, 2.45) is 5.73 Å². The van der Waals surface area contributed by atoms with Crippen molar-refractivity contribution in [3.05, 3.63) is 29.8 Å². The number of unbranched alkanes of at least 4 members (excludes halogenated alkanes) is 3. The van der Waals surface area contributed by atoms with Crippen LogP contribution >= 0.6 is 0 Å². The molecule has 0 aliphatic rings. The molecule has 0 heterocycles. The van der Waals surface area contributed by atoms with Gasteiger partial charge in [0.25, 0.3) is 0 Å². The molecule has 96 valence electrons. The molecule has 0 saturated carbocycles. The van der Waals surface area contributed by atoms with Gasteiger partial charge in [0.15, 0.2) is 0 Å². The minimum Gasteiger partial charge on any atom is -0.385 e. The van der Waals surface area contributed by atoms with E-state index in [1.165, 1.54) is 30.5 Å². The van der Waals surface area contributed by atoms with Gasteiger partial charge in [-0.2, -0.15) is 0 Å². The molecule has 0 fully saturated rings. The van der Waals surface area contributed by atoms with E-state index in [1.54, 1.807) is 7.11 Å². The summed E-state index contributed by atoms with van der Waals surface area (Å²) in [5, 5.41) is 3.42. The van der Waals surface area contributed by atoms with E-state index in [4.69, 9.17) is 10.5 Å². The quantitative estimate of drug-likeness (QED) is 0.648. The summed E-state index contributed by atoms with van der Waals surface area (Å²) in [5.74, 6) is 0. The zero-order valence-corrected chi connectivity index (χ0v) is 10.7. The Kier molecular flexibility index (Phi) is 7.43. The molecule has 0 unspecified atom stereocenters. The zero-order chi connectivity index (χ0) is 12.3. The lowest BCUT2D eigenvalue weighted by atomic mass is 10.2. The van der Waals surface area contributed by atoms with Crippen LogP contribution in [0.2, 0.25) is 0 Å². The van der Waals surface area contributed by atoms with Crippen molar-refractivity contribution >= 4 is 5.69 Å². The molecule has 17 heavy (non-hydrogen) atoms. The minimum atomic E-state index is 0.680. The highest BCUT2D eigenvalue weighted by Crippen LogP contribution is 2.10. The summed E-state index contributed by atoms with van der Waals surface area (Å²) >= 11 is 0. The fourth-order valence-electron chi connectivity index (χ4n) is 1.74. The Morgan fingerprint density at radius 3 is 2.41 bits per heavy atom. The lowest BCUT2D eigenvalue weighted by molar-refractivity contribution is 0.185. The minimum absolute atomic E-state index is 0.680. The molecule has 3 heteroatoms. The number of benzene rings is 1. The number of nitrogens with two attached hydrogens (primary N) is 1. The first kappa shape index (κ1) is 14.0. The van der Waals surface area contributed by atoms with Crippen LogP contribution in [0.3, 0.4) is 0 Å². The van der Waals surface area contributed by atoms with E-state index in [1.807, 2.05) is 0 Å². The van der Waals surface area contributed by atoms with Crippen molar-refractivity contribution in [1.29, 1.82) is 0 Å². The fourth-order valence-corrected chi connectivity index (χ4v) is 1.74. The standard InChI is InChI=1S/C14H24N2O/c1-17-12-13-6-8-14(9-7-13)16-11-5-3-2-4-10-15/h6-9,16H,2-5,10-12,15H2,1H3. The van der Waals surface area contributed by atoms with Crippen LogP contribution in [-0.2, 0) is 11.3 Å². The highest BCUT2D eigenvalue weighted by Gasteiger charge is 1.94. The van der Waals surface area contributed by atoms with Gasteiger partial charge in [-0.05, 0) is 37.1 Å². The molecule has 1 aromatic carbocycles. The maximum atomic E-state index is 5.45.